The molecule has 0 aliphatic rings. The summed E-state index contributed by atoms with van der Waals surface area (Å²) in [4.78, 5) is 10.1. The van der Waals surface area contributed by atoms with E-state index in [2.05, 4.69) is 19.1 Å². The first kappa shape index (κ1) is 23.0. The van der Waals surface area contributed by atoms with Gasteiger partial charge in [-0.3, -0.25) is 0 Å². The van der Waals surface area contributed by atoms with Gasteiger partial charge in [0.05, 0.1) is 0 Å². The Morgan fingerprint density at radius 2 is 1.00 bits per heavy atom. The second kappa shape index (κ2) is 22.0. The fourth-order valence-corrected chi connectivity index (χ4v) is 2.30. The summed E-state index contributed by atoms with van der Waals surface area (Å²) < 4.78 is 0. The van der Waals surface area contributed by atoms with Crippen LogP contribution in [0.2, 0.25) is 0 Å². The van der Waals surface area contributed by atoms with Crippen LogP contribution in [0.4, 0.5) is 0 Å². The number of carbonyl (C=O) groups excluding carboxylic acids is 1. The van der Waals surface area contributed by atoms with Gasteiger partial charge in [-0.2, -0.15) is 0 Å². The maximum Gasteiger partial charge on any atom is 0.119 e. The maximum atomic E-state index is 10.1. The average Bonchev–Trinajstić information content (AvgIpc) is 2.43. The molecule has 0 bridgehead atoms. The van der Waals surface area contributed by atoms with Crippen LogP contribution in [-0.2, 0) is 4.79 Å². The van der Waals surface area contributed by atoms with Crippen LogP contribution in [0.25, 0.3) is 0 Å². The fourth-order valence-electron chi connectivity index (χ4n) is 2.30. The van der Waals surface area contributed by atoms with Gasteiger partial charge in [0, 0.05) is 46.4 Å². The molecule has 0 spiro atoms. The Morgan fingerprint density at radius 3 is 1.45 bits per heavy atom. The third-order valence-electron chi connectivity index (χ3n) is 3.58. The quantitative estimate of drug-likeness (QED) is 0.173. The predicted molar refractivity (Wildman–Crippen MR) is 85.5 cm³/mol. The van der Waals surface area contributed by atoms with Crippen molar-refractivity contribution < 1.29 is 44.7 Å². The van der Waals surface area contributed by atoms with Crippen LogP contribution < -0.4 is 0 Å². The van der Waals surface area contributed by atoms with Gasteiger partial charge in [0.25, 0.3) is 0 Å². The van der Waals surface area contributed by atoms with Gasteiger partial charge < -0.3 is 4.79 Å². The van der Waals surface area contributed by atoms with E-state index in [4.69, 9.17) is 0 Å². The molecule has 0 saturated carbocycles. The SMILES string of the molecule is CCCCCCCC/C=C\CCCCCCCC=O.[Gd]. The van der Waals surface area contributed by atoms with Gasteiger partial charge in [-0.15, -0.1) is 0 Å². The Bertz CT molecular complexity index is 202. The van der Waals surface area contributed by atoms with Crippen molar-refractivity contribution in [2.75, 3.05) is 0 Å². The van der Waals surface area contributed by atoms with Crippen LogP contribution in [0, 0.1) is 39.9 Å². The van der Waals surface area contributed by atoms with Crippen LogP contribution in [0.1, 0.15) is 96.8 Å². The normalized spacial score (nSPS) is 10.7. The van der Waals surface area contributed by atoms with Crippen molar-refractivity contribution in [3.05, 3.63) is 12.2 Å². The third-order valence-corrected chi connectivity index (χ3v) is 3.58. The van der Waals surface area contributed by atoms with Crippen molar-refractivity contribution >= 4 is 6.29 Å². The fraction of sp³-hybridized carbons (Fsp3) is 0.833. The Labute approximate surface area is 159 Å². The number of rotatable bonds is 15. The summed E-state index contributed by atoms with van der Waals surface area (Å²) >= 11 is 0. The second-order valence-electron chi connectivity index (χ2n) is 5.54. The Balaban J connectivity index is 0. The molecule has 0 N–H and O–H groups in total. The van der Waals surface area contributed by atoms with E-state index in [0.29, 0.717) is 0 Å². The minimum Gasteiger partial charge on any atom is -0.303 e. The molecule has 0 saturated heterocycles. The summed E-state index contributed by atoms with van der Waals surface area (Å²) in [5, 5.41) is 0. The minimum atomic E-state index is 0. The molecule has 0 amide bonds. The zero-order valence-corrected chi connectivity index (χ0v) is 15.7. The van der Waals surface area contributed by atoms with E-state index in [1.165, 1.54) is 77.0 Å². The summed E-state index contributed by atoms with van der Waals surface area (Å²) in [6, 6.07) is 0. The number of unbranched alkanes of at least 4 members (excludes halogenated alkanes) is 12. The monoisotopic (exact) mass is 424 g/mol. The predicted octanol–water partition coefficient (Wildman–Crippen LogP) is 6.22. The van der Waals surface area contributed by atoms with E-state index in [1.54, 1.807) is 0 Å². The van der Waals surface area contributed by atoms with Crippen molar-refractivity contribution in [1.82, 2.24) is 0 Å². The number of aldehydes is 1. The van der Waals surface area contributed by atoms with E-state index in [1.807, 2.05) is 0 Å². The molecule has 0 radical (unpaired) electrons. The van der Waals surface area contributed by atoms with Gasteiger partial charge in [-0.1, -0.05) is 70.4 Å². The van der Waals surface area contributed by atoms with Gasteiger partial charge in [-0.05, 0) is 32.1 Å². The minimum absolute atomic E-state index is 0. The number of hydrogen-bond acceptors (Lipinski definition) is 1. The standard InChI is InChI=1S/C18H34O.Gd/c1-2-3-4-5-6-7-8-9-10-11-12-13-14-15-16-17-18-19;/h9-10,18H,2-8,11-17H2,1H3;/b10-9-;. The van der Waals surface area contributed by atoms with Crippen LogP contribution in [0.5, 0.6) is 0 Å². The van der Waals surface area contributed by atoms with Crippen molar-refractivity contribution in [2.45, 2.75) is 96.8 Å². The van der Waals surface area contributed by atoms with E-state index in [-0.39, 0.29) is 39.9 Å². The summed E-state index contributed by atoms with van der Waals surface area (Å²) in [5.41, 5.74) is 0. The molecule has 0 heterocycles. The van der Waals surface area contributed by atoms with E-state index in [9.17, 15) is 4.79 Å². The molecule has 0 aromatic rings. The molecule has 20 heavy (non-hydrogen) atoms. The van der Waals surface area contributed by atoms with Crippen molar-refractivity contribution in [1.29, 1.82) is 0 Å². The molecule has 0 aliphatic carbocycles. The molecule has 1 nitrogen and oxygen atoms in total. The molecule has 0 aromatic carbocycles. The summed E-state index contributed by atoms with van der Waals surface area (Å²) in [7, 11) is 0. The number of allylic oxidation sites excluding steroid dienone is 2. The summed E-state index contributed by atoms with van der Waals surface area (Å²) in [5.74, 6) is 0. The zero-order chi connectivity index (χ0) is 14.0. The van der Waals surface area contributed by atoms with Gasteiger partial charge in [0.15, 0.2) is 0 Å². The third kappa shape index (κ3) is 21.0. The first-order valence-corrected chi connectivity index (χ1v) is 8.50. The van der Waals surface area contributed by atoms with Crippen molar-refractivity contribution in [2.24, 2.45) is 0 Å². The van der Waals surface area contributed by atoms with Gasteiger partial charge >= 0.3 is 0 Å². The molecule has 0 atom stereocenters. The molecule has 2 heteroatoms. The van der Waals surface area contributed by atoms with Crippen molar-refractivity contribution in [3.8, 4) is 0 Å². The molecule has 120 valence electrons. The Kier molecular flexibility index (Phi) is 25.3. The summed E-state index contributed by atoms with van der Waals surface area (Å²) in [6.45, 7) is 2.27. The Morgan fingerprint density at radius 1 is 0.600 bits per heavy atom. The van der Waals surface area contributed by atoms with E-state index < -0.39 is 0 Å². The molecule has 0 fully saturated rings. The first-order valence-electron chi connectivity index (χ1n) is 8.50. The van der Waals surface area contributed by atoms with E-state index >= 15 is 0 Å². The van der Waals surface area contributed by atoms with Crippen LogP contribution >= 0.6 is 0 Å². The number of hydrogen-bond donors (Lipinski definition) is 0. The largest absolute Gasteiger partial charge is 0.303 e. The number of carbonyl (C=O) groups is 1. The average molecular weight is 424 g/mol. The van der Waals surface area contributed by atoms with Gasteiger partial charge in [0.2, 0.25) is 0 Å². The van der Waals surface area contributed by atoms with Crippen LogP contribution in [0.15, 0.2) is 12.2 Å². The van der Waals surface area contributed by atoms with Crippen LogP contribution in [-0.4, -0.2) is 6.29 Å². The van der Waals surface area contributed by atoms with Crippen LogP contribution in [0.3, 0.4) is 0 Å². The molecule has 0 unspecified atom stereocenters. The summed E-state index contributed by atoms with van der Waals surface area (Å²) in [6.07, 6.45) is 23.6. The van der Waals surface area contributed by atoms with Gasteiger partial charge in [-0.25, -0.2) is 0 Å². The smallest absolute Gasteiger partial charge is 0.119 e. The molecule has 0 aliphatic heterocycles. The second-order valence-corrected chi connectivity index (χ2v) is 5.54. The van der Waals surface area contributed by atoms with Gasteiger partial charge in [0.1, 0.15) is 6.29 Å². The zero-order valence-electron chi connectivity index (χ0n) is 13.4. The Hall–Kier alpha value is 0.735. The molecule has 0 rings (SSSR count). The topological polar surface area (TPSA) is 17.1 Å². The molecular formula is C18H34GdO. The first-order chi connectivity index (χ1) is 9.41. The van der Waals surface area contributed by atoms with Crippen molar-refractivity contribution in [3.63, 3.8) is 0 Å². The van der Waals surface area contributed by atoms with E-state index in [0.717, 1.165) is 19.1 Å². The molecule has 0 aromatic heterocycles. The maximum absolute atomic E-state index is 10.1. The molecular weight excluding hydrogens is 389 g/mol.